The van der Waals surface area contributed by atoms with E-state index in [2.05, 4.69) is 20.3 Å². The summed E-state index contributed by atoms with van der Waals surface area (Å²) < 4.78 is 15.1. The Hall–Kier alpha value is -5.03. The zero-order chi connectivity index (χ0) is 23.5. The average Bonchev–Trinajstić information content (AvgIpc) is 2.79. The minimum Gasteiger partial charge on any atom is -0.382 e. The first-order chi connectivity index (χ1) is 15.9. The van der Waals surface area contributed by atoms with Crippen molar-refractivity contribution in [3.63, 3.8) is 0 Å². The van der Waals surface area contributed by atoms with Crippen LogP contribution >= 0.6 is 0 Å². The molecule has 2 heterocycles. The molecule has 0 radical (unpaired) electrons. The summed E-state index contributed by atoms with van der Waals surface area (Å²) in [4.78, 5) is 25.6. The van der Waals surface area contributed by atoms with E-state index in [-0.39, 0.29) is 41.5 Å². The molecule has 0 unspecified atom stereocenters. The molecule has 11 heteroatoms. The van der Waals surface area contributed by atoms with Crippen LogP contribution in [0.2, 0.25) is 0 Å². The van der Waals surface area contributed by atoms with Crippen molar-refractivity contribution >= 4 is 28.5 Å². The van der Waals surface area contributed by atoms with Gasteiger partial charge in [0.05, 0.1) is 28.2 Å². The number of benzene rings is 2. The normalized spacial score (nSPS) is 10.5. The molecule has 0 saturated heterocycles. The number of nitrogens with zero attached hydrogens (tertiary/aromatic N) is 6. The Bertz CT molecular complexity index is 1530. The fourth-order valence-corrected chi connectivity index (χ4v) is 3.38. The van der Waals surface area contributed by atoms with Crippen molar-refractivity contribution in [2.45, 2.75) is 6.42 Å². The minimum absolute atomic E-state index is 0.0465. The molecule has 0 fully saturated rings. The fourth-order valence-electron chi connectivity index (χ4n) is 3.38. The van der Waals surface area contributed by atoms with E-state index in [4.69, 9.17) is 11.5 Å². The molecule has 0 aliphatic carbocycles. The number of nitrogen functional groups attached to an aromatic ring is 2. The topological polar surface area (TPSA) is 172 Å². The molecule has 4 rings (SSSR count). The van der Waals surface area contributed by atoms with E-state index < -0.39 is 11.4 Å². The lowest BCUT2D eigenvalue weighted by Gasteiger charge is -2.15. The van der Waals surface area contributed by atoms with Gasteiger partial charge in [0, 0.05) is 13.0 Å². The Morgan fingerprint density at radius 3 is 2.64 bits per heavy atom. The van der Waals surface area contributed by atoms with Crippen LogP contribution in [0.15, 0.2) is 47.3 Å². The summed E-state index contributed by atoms with van der Waals surface area (Å²) in [5.74, 6) is -0.189. The largest absolute Gasteiger partial charge is 0.382 e. The molecule has 2 aromatic carbocycles. The van der Waals surface area contributed by atoms with Crippen LogP contribution in [0.1, 0.15) is 17.0 Å². The van der Waals surface area contributed by atoms with E-state index in [1.165, 1.54) is 16.7 Å². The van der Waals surface area contributed by atoms with Crippen molar-refractivity contribution in [2.75, 3.05) is 23.3 Å². The molecule has 0 aliphatic heterocycles. The molecule has 10 nitrogen and oxygen atoms in total. The molecule has 0 atom stereocenters. The van der Waals surface area contributed by atoms with Crippen LogP contribution < -0.4 is 22.3 Å². The highest BCUT2D eigenvalue weighted by Crippen LogP contribution is 2.19. The second kappa shape index (κ2) is 8.61. The molecular formula is C22H16FN9O. The number of nitrogens with one attached hydrogen (secondary N) is 1. The smallest absolute Gasteiger partial charge is 0.266 e. The van der Waals surface area contributed by atoms with Gasteiger partial charge in [-0.05, 0) is 36.4 Å². The van der Waals surface area contributed by atoms with Gasteiger partial charge in [-0.1, -0.05) is 6.07 Å². The number of rotatable bonds is 5. The zero-order valence-corrected chi connectivity index (χ0v) is 17.1. The van der Waals surface area contributed by atoms with Gasteiger partial charge in [-0.15, -0.1) is 0 Å². The summed E-state index contributed by atoms with van der Waals surface area (Å²) >= 11 is 0. The van der Waals surface area contributed by atoms with E-state index in [0.717, 1.165) is 6.07 Å². The molecule has 162 valence electrons. The van der Waals surface area contributed by atoms with Crippen molar-refractivity contribution < 1.29 is 4.39 Å². The summed E-state index contributed by atoms with van der Waals surface area (Å²) in [5, 5.41) is 21.6. The Morgan fingerprint density at radius 1 is 1.06 bits per heavy atom. The third kappa shape index (κ3) is 4.11. The lowest BCUT2D eigenvalue weighted by atomic mass is 10.2. The second-order valence-electron chi connectivity index (χ2n) is 6.97. The van der Waals surface area contributed by atoms with Gasteiger partial charge in [0.25, 0.3) is 5.56 Å². The first kappa shape index (κ1) is 21.2. The SMILES string of the molecule is N#Cc1cccc(-n2c(CCNc3nc(N)nc(N)c3C#N)nc3ccc(F)cc3c2=O)c1. The highest BCUT2D eigenvalue weighted by atomic mass is 19.1. The van der Waals surface area contributed by atoms with Gasteiger partial charge in [0.1, 0.15) is 29.1 Å². The maximum Gasteiger partial charge on any atom is 0.266 e. The number of aromatic nitrogens is 4. The Kier molecular flexibility index (Phi) is 5.53. The van der Waals surface area contributed by atoms with Gasteiger partial charge < -0.3 is 16.8 Å². The minimum atomic E-state index is -0.559. The van der Waals surface area contributed by atoms with Crippen molar-refractivity contribution in [2.24, 2.45) is 0 Å². The summed E-state index contributed by atoms with van der Waals surface area (Å²) in [6.07, 6.45) is 0.216. The monoisotopic (exact) mass is 441 g/mol. The molecular weight excluding hydrogens is 425 g/mol. The van der Waals surface area contributed by atoms with Crippen LogP contribution in [-0.4, -0.2) is 26.1 Å². The standard InChI is InChI=1S/C22H16FN9O/c23-13-4-5-17-15(9-13)21(33)32(14-3-1-2-12(8-14)10-24)18(29-17)6-7-28-20-16(11-25)19(26)30-22(27)31-20/h1-5,8-9H,6-7H2,(H5,26,27,28,30,31). The number of nitrogens with two attached hydrogens (primary N) is 2. The van der Waals surface area contributed by atoms with Crippen LogP contribution in [0, 0.1) is 28.5 Å². The molecule has 33 heavy (non-hydrogen) atoms. The molecule has 0 spiro atoms. The third-order valence-electron chi connectivity index (χ3n) is 4.84. The maximum atomic E-state index is 13.8. The van der Waals surface area contributed by atoms with E-state index in [1.807, 2.05) is 12.1 Å². The fraction of sp³-hybridized carbons (Fsp3) is 0.0909. The predicted octanol–water partition coefficient (Wildman–Crippen LogP) is 1.88. The summed E-state index contributed by atoms with van der Waals surface area (Å²) in [5.41, 5.74) is 12.0. The Morgan fingerprint density at radius 2 is 1.88 bits per heavy atom. The summed E-state index contributed by atoms with van der Waals surface area (Å²) in [6, 6.07) is 14.2. The van der Waals surface area contributed by atoms with Crippen LogP contribution in [0.25, 0.3) is 16.6 Å². The molecule has 0 saturated carbocycles. The van der Waals surface area contributed by atoms with Gasteiger partial charge >= 0.3 is 0 Å². The molecule has 2 aromatic heterocycles. The Labute approximate surface area is 186 Å². The number of anilines is 3. The van der Waals surface area contributed by atoms with Gasteiger partial charge in [-0.3, -0.25) is 9.36 Å². The molecule has 0 bridgehead atoms. The highest BCUT2D eigenvalue weighted by molar-refractivity contribution is 5.78. The zero-order valence-electron chi connectivity index (χ0n) is 17.1. The lowest BCUT2D eigenvalue weighted by molar-refractivity contribution is 0.629. The number of hydrogen-bond donors (Lipinski definition) is 3. The van der Waals surface area contributed by atoms with Crippen molar-refractivity contribution in [3.8, 4) is 17.8 Å². The number of fused-ring (bicyclic) bond motifs is 1. The predicted molar refractivity (Wildman–Crippen MR) is 120 cm³/mol. The van der Waals surface area contributed by atoms with E-state index in [0.29, 0.717) is 22.6 Å². The number of hydrogen-bond acceptors (Lipinski definition) is 9. The van der Waals surface area contributed by atoms with Crippen molar-refractivity contribution in [1.29, 1.82) is 10.5 Å². The van der Waals surface area contributed by atoms with Gasteiger partial charge in [0.15, 0.2) is 5.82 Å². The maximum absolute atomic E-state index is 13.8. The summed E-state index contributed by atoms with van der Waals surface area (Å²) in [7, 11) is 0. The molecule has 0 amide bonds. The average molecular weight is 441 g/mol. The van der Waals surface area contributed by atoms with Crippen LogP contribution in [0.5, 0.6) is 0 Å². The molecule has 4 aromatic rings. The van der Waals surface area contributed by atoms with Crippen molar-refractivity contribution in [1.82, 2.24) is 19.5 Å². The number of halogens is 1. The quantitative estimate of drug-likeness (QED) is 0.418. The van der Waals surface area contributed by atoms with Crippen LogP contribution in [0.4, 0.5) is 22.0 Å². The van der Waals surface area contributed by atoms with Crippen LogP contribution in [0.3, 0.4) is 0 Å². The van der Waals surface area contributed by atoms with Crippen LogP contribution in [-0.2, 0) is 6.42 Å². The second-order valence-corrected chi connectivity index (χ2v) is 6.97. The summed E-state index contributed by atoms with van der Waals surface area (Å²) in [6.45, 7) is 0.210. The van der Waals surface area contributed by atoms with E-state index >= 15 is 0 Å². The highest BCUT2D eigenvalue weighted by Gasteiger charge is 2.15. The molecule has 5 N–H and O–H groups in total. The number of nitriles is 2. The lowest BCUT2D eigenvalue weighted by Crippen LogP contribution is -2.25. The third-order valence-corrected chi connectivity index (χ3v) is 4.84. The first-order valence-electron chi connectivity index (χ1n) is 9.70. The molecule has 0 aliphatic rings. The van der Waals surface area contributed by atoms with Gasteiger partial charge in [-0.25, -0.2) is 9.37 Å². The van der Waals surface area contributed by atoms with E-state index in [1.54, 1.807) is 24.3 Å². The van der Waals surface area contributed by atoms with Gasteiger partial charge in [-0.2, -0.15) is 20.5 Å². The Balaban J connectivity index is 1.77. The van der Waals surface area contributed by atoms with Crippen molar-refractivity contribution in [3.05, 3.63) is 75.6 Å². The first-order valence-corrected chi connectivity index (χ1v) is 9.70. The van der Waals surface area contributed by atoms with Gasteiger partial charge in [0.2, 0.25) is 5.95 Å². The van der Waals surface area contributed by atoms with E-state index in [9.17, 15) is 19.7 Å².